The minimum absolute atomic E-state index is 0.323. The molecule has 100 valence electrons. The highest BCUT2D eigenvalue weighted by Gasteiger charge is 2.10. The van der Waals surface area contributed by atoms with Gasteiger partial charge in [-0.05, 0) is 18.2 Å². The Balaban J connectivity index is 2.39. The zero-order chi connectivity index (χ0) is 14.4. The van der Waals surface area contributed by atoms with Crippen LogP contribution in [0.1, 0.15) is 21.5 Å². The Morgan fingerprint density at radius 1 is 1.25 bits per heavy atom. The van der Waals surface area contributed by atoms with E-state index in [-0.39, 0.29) is 0 Å². The maximum absolute atomic E-state index is 11.5. The molecule has 0 aliphatic rings. The molecule has 0 spiro atoms. The largest absolute Gasteiger partial charge is 0.480 e. The number of carbonyl (C=O) groups is 1. The molecule has 5 heteroatoms. The topological polar surface area (TPSA) is 61.3 Å². The third kappa shape index (κ3) is 3.12. The summed E-state index contributed by atoms with van der Waals surface area (Å²) in [5.74, 6) is 5.74. The third-order valence-electron chi connectivity index (χ3n) is 2.47. The third-order valence-corrected chi connectivity index (χ3v) is 2.47. The molecule has 2 heterocycles. The highest BCUT2D eigenvalue weighted by Crippen LogP contribution is 2.15. The number of hydrogen-bond acceptors (Lipinski definition) is 5. The van der Waals surface area contributed by atoms with Crippen molar-refractivity contribution in [3.63, 3.8) is 0 Å². The number of pyridine rings is 2. The molecular formula is C15H12N2O3. The fourth-order valence-corrected chi connectivity index (χ4v) is 1.51. The molecule has 0 saturated heterocycles. The van der Waals surface area contributed by atoms with E-state index in [1.807, 2.05) is 6.07 Å². The second-order valence-corrected chi connectivity index (χ2v) is 3.76. The van der Waals surface area contributed by atoms with Crippen LogP contribution in [0.2, 0.25) is 0 Å². The zero-order valence-corrected chi connectivity index (χ0v) is 11.1. The SMILES string of the molecule is COC(=O)c1cnc(OC)c(C#Cc2cccnc2)c1. The van der Waals surface area contributed by atoms with Crippen LogP contribution < -0.4 is 4.74 Å². The maximum Gasteiger partial charge on any atom is 0.339 e. The van der Waals surface area contributed by atoms with Crippen LogP contribution in [-0.4, -0.2) is 30.2 Å². The highest BCUT2D eigenvalue weighted by molar-refractivity contribution is 5.89. The van der Waals surface area contributed by atoms with Gasteiger partial charge in [-0.2, -0.15) is 0 Å². The second-order valence-electron chi connectivity index (χ2n) is 3.76. The van der Waals surface area contributed by atoms with Gasteiger partial charge in [-0.15, -0.1) is 0 Å². The van der Waals surface area contributed by atoms with Gasteiger partial charge in [0, 0.05) is 24.2 Å². The molecule has 20 heavy (non-hydrogen) atoms. The molecule has 0 fully saturated rings. The lowest BCUT2D eigenvalue weighted by Crippen LogP contribution is -2.03. The molecule has 0 aromatic carbocycles. The van der Waals surface area contributed by atoms with Crippen LogP contribution in [0.3, 0.4) is 0 Å². The van der Waals surface area contributed by atoms with E-state index in [2.05, 4.69) is 26.5 Å². The quantitative estimate of drug-likeness (QED) is 0.612. The number of aromatic nitrogens is 2. The van der Waals surface area contributed by atoms with Crippen molar-refractivity contribution >= 4 is 5.97 Å². The smallest absolute Gasteiger partial charge is 0.339 e. The lowest BCUT2D eigenvalue weighted by Gasteiger charge is -2.04. The second kappa shape index (κ2) is 6.34. The van der Waals surface area contributed by atoms with E-state index in [0.29, 0.717) is 17.0 Å². The molecule has 0 atom stereocenters. The Labute approximate surface area is 116 Å². The summed E-state index contributed by atoms with van der Waals surface area (Å²) in [4.78, 5) is 19.5. The Bertz CT molecular complexity index is 673. The van der Waals surface area contributed by atoms with E-state index >= 15 is 0 Å². The summed E-state index contributed by atoms with van der Waals surface area (Å²) >= 11 is 0. The van der Waals surface area contributed by atoms with Crippen LogP contribution in [0.15, 0.2) is 36.8 Å². The van der Waals surface area contributed by atoms with Crippen molar-refractivity contribution in [3.05, 3.63) is 53.5 Å². The van der Waals surface area contributed by atoms with Crippen LogP contribution in [-0.2, 0) is 4.74 Å². The van der Waals surface area contributed by atoms with E-state index in [0.717, 1.165) is 5.56 Å². The van der Waals surface area contributed by atoms with Crippen LogP contribution >= 0.6 is 0 Å². The van der Waals surface area contributed by atoms with Crippen molar-refractivity contribution in [1.82, 2.24) is 9.97 Å². The van der Waals surface area contributed by atoms with Gasteiger partial charge >= 0.3 is 5.97 Å². The average Bonchev–Trinajstić information content (AvgIpc) is 2.52. The van der Waals surface area contributed by atoms with Gasteiger partial charge in [0.1, 0.15) is 0 Å². The minimum Gasteiger partial charge on any atom is -0.480 e. The summed E-state index contributed by atoms with van der Waals surface area (Å²) in [6.07, 6.45) is 4.71. The number of carbonyl (C=O) groups excluding carboxylic acids is 1. The van der Waals surface area contributed by atoms with Gasteiger partial charge in [0.2, 0.25) is 5.88 Å². The number of nitrogens with zero attached hydrogens (tertiary/aromatic N) is 2. The normalized spacial score (nSPS) is 9.30. The van der Waals surface area contributed by atoms with E-state index in [4.69, 9.17) is 4.74 Å². The molecule has 0 amide bonds. The summed E-state index contributed by atoms with van der Waals surface area (Å²) in [7, 11) is 2.81. The van der Waals surface area contributed by atoms with Crippen molar-refractivity contribution < 1.29 is 14.3 Å². The molecule has 2 aromatic heterocycles. The molecule has 5 nitrogen and oxygen atoms in total. The lowest BCUT2D eigenvalue weighted by atomic mass is 10.2. The Morgan fingerprint density at radius 2 is 2.10 bits per heavy atom. The van der Waals surface area contributed by atoms with Crippen LogP contribution in [0.5, 0.6) is 5.88 Å². The van der Waals surface area contributed by atoms with Gasteiger partial charge in [-0.3, -0.25) is 4.98 Å². The molecule has 0 aliphatic carbocycles. The molecular weight excluding hydrogens is 256 g/mol. The summed E-state index contributed by atoms with van der Waals surface area (Å²) < 4.78 is 9.77. The first-order chi connectivity index (χ1) is 9.74. The Kier molecular flexibility index (Phi) is 4.30. The zero-order valence-electron chi connectivity index (χ0n) is 11.1. The fraction of sp³-hybridized carbons (Fsp3) is 0.133. The molecule has 0 bridgehead atoms. The monoisotopic (exact) mass is 268 g/mol. The summed E-state index contributed by atoms with van der Waals surface area (Å²) in [6, 6.07) is 5.22. The minimum atomic E-state index is -0.468. The summed E-state index contributed by atoms with van der Waals surface area (Å²) in [5, 5.41) is 0. The average molecular weight is 268 g/mol. The van der Waals surface area contributed by atoms with Crippen molar-refractivity contribution in [3.8, 4) is 17.7 Å². The first-order valence-corrected chi connectivity index (χ1v) is 5.79. The Morgan fingerprint density at radius 3 is 2.75 bits per heavy atom. The summed E-state index contributed by atoms with van der Waals surface area (Å²) in [6.45, 7) is 0. The van der Waals surface area contributed by atoms with Crippen LogP contribution in [0.25, 0.3) is 0 Å². The molecule has 0 saturated carbocycles. The molecule has 0 radical (unpaired) electrons. The fourth-order valence-electron chi connectivity index (χ4n) is 1.51. The maximum atomic E-state index is 11.5. The van der Waals surface area contributed by atoms with Crippen molar-refractivity contribution in [2.24, 2.45) is 0 Å². The first-order valence-electron chi connectivity index (χ1n) is 5.79. The van der Waals surface area contributed by atoms with E-state index < -0.39 is 5.97 Å². The van der Waals surface area contributed by atoms with Crippen LogP contribution in [0.4, 0.5) is 0 Å². The van der Waals surface area contributed by atoms with Gasteiger partial charge in [-0.25, -0.2) is 9.78 Å². The standard InChI is InChI=1S/C15H12N2O3/c1-19-14-12(6-5-11-4-3-7-16-9-11)8-13(10-17-14)15(18)20-2/h3-4,7-10H,1-2H3. The number of hydrogen-bond donors (Lipinski definition) is 0. The van der Waals surface area contributed by atoms with Crippen molar-refractivity contribution in [2.45, 2.75) is 0 Å². The van der Waals surface area contributed by atoms with E-state index in [1.54, 1.807) is 24.5 Å². The highest BCUT2D eigenvalue weighted by atomic mass is 16.5. The number of esters is 1. The van der Waals surface area contributed by atoms with E-state index in [9.17, 15) is 4.79 Å². The number of methoxy groups -OCH3 is 2. The molecule has 0 unspecified atom stereocenters. The van der Waals surface area contributed by atoms with Gasteiger partial charge < -0.3 is 9.47 Å². The van der Waals surface area contributed by atoms with Crippen molar-refractivity contribution in [2.75, 3.05) is 14.2 Å². The lowest BCUT2D eigenvalue weighted by molar-refractivity contribution is 0.0600. The van der Waals surface area contributed by atoms with Gasteiger partial charge in [0.15, 0.2) is 0 Å². The van der Waals surface area contributed by atoms with Crippen molar-refractivity contribution in [1.29, 1.82) is 0 Å². The first kappa shape index (κ1) is 13.6. The Hall–Kier alpha value is -2.87. The number of ether oxygens (including phenoxy) is 2. The van der Waals surface area contributed by atoms with Gasteiger partial charge in [0.25, 0.3) is 0 Å². The molecule has 0 aliphatic heterocycles. The van der Waals surface area contributed by atoms with Gasteiger partial charge in [-0.1, -0.05) is 11.8 Å². The predicted octanol–water partition coefficient (Wildman–Crippen LogP) is 1.67. The molecule has 2 aromatic rings. The number of rotatable bonds is 2. The van der Waals surface area contributed by atoms with E-state index in [1.165, 1.54) is 20.4 Å². The summed E-state index contributed by atoms with van der Waals surface area (Å²) in [5.41, 5.74) is 1.60. The van der Waals surface area contributed by atoms with Crippen LogP contribution in [0, 0.1) is 11.8 Å². The molecule has 0 N–H and O–H groups in total. The molecule has 2 rings (SSSR count). The predicted molar refractivity (Wildman–Crippen MR) is 72.3 cm³/mol. The van der Waals surface area contributed by atoms with Gasteiger partial charge in [0.05, 0.1) is 25.3 Å².